The van der Waals surface area contributed by atoms with Crippen molar-refractivity contribution in [3.8, 4) is 11.5 Å². The molecule has 0 unspecified atom stereocenters. The highest BCUT2D eigenvalue weighted by Crippen LogP contribution is 2.36. The van der Waals surface area contributed by atoms with Crippen LogP contribution in [0.25, 0.3) is 11.0 Å². The number of nitrogens with zero attached hydrogens (tertiary/aromatic N) is 4. The van der Waals surface area contributed by atoms with Gasteiger partial charge in [-0.1, -0.05) is 23.7 Å². The van der Waals surface area contributed by atoms with Gasteiger partial charge in [-0.15, -0.1) is 0 Å². The molecule has 1 amide bonds. The maximum Gasteiger partial charge on any atom is 0.281 e. The van der Waals surface area contributed by atoms with Gasteiger partial charge in [0.2, 0.25) is 0 Å². The van der Waals surface area contributed by atoms with Crippen LogP contribution in [0.15, 0.2) is 60.0 Å². The predicted octanol–water partition coefficient (Wildman–Crippen LogP) is 4.73. The Labute approximate surface area is 170 Å². The Morgan fingerprint density at radius 2 is 2.00 bits per heavy atom. The highest BCUT2D eigenvalue weighted by molar-refractivity contribution is 6.32. The van der Waals surface area contributed by atoms with Crippen LogP contribution in [0.4, 0.5) is 11.5 Å². The number of hydrogen-bond donors (Lipinski definition) is 1. The van der Waals surface area contributed by atoms with E-state index in [2.05, 4.69) is 20.3 Å². The fourth-order valence-electron chi connectivity index (χ4n) is 3.29. The lowest BCUT2D eigenvalue weighted by molar-refractivity contribution is 0.100. The van der Waals surface area contributed by atoms with E-state index in [0.29, 0.717) is 27.9 Å². The van der Waals surface area contributed by atoms with Gasteiger partial charge in [0, 0.05) is 30.7 Å². The molecule has 0 fully saturated rings. The third-order valence-corrected chi connectivity index (χ3v) is 4.96. The number of halogens is 1. The van der Waals surface area contributed by atoms with Crippen LogP contribution in [-0.2, 0) is 7.05 Å². The Morgan fingerprint density at radius 3 is 2.86 bits per heavy atom. The summed E-state index contributed by atoms with van der Waals surface area (Å²) < 4.78 is 7.86. The van der Waals surface area contributed by atoms with Gasteiger partial charge in [0.25, 0.3) is 5.91 Å². The number of aryl methyl sites for hydroxylation is 1. The number of nitrogens with one attached hydrogen (secondary N) is 1. The number of fused-ring (bicyclic) bond motifs is 2. The molecule has 0 radical (unpaired) electrons. The van der Waals surface area contributed by atoms with E-state index >= 15 is 0 Å². The molecule has 29 heavy (non-hydrogen) atoms. The number of rotatable bonds is 4. The van der Waals surface area contributed by atoms with Crippen molar-refractivity contribution in [1.82, 2.24) is 14.5 Å². The van der Waals surface area contributed by atoms with Crippen molar-refractivity contribution in [3.63, 3.8) is 0 Å². The van der Waals surface area contributed by atoms with Crippen LogP contribution < -0.4 is 10.1 Å². The van der Waals surface area contributed by atoms with Crippen molar-refractivity contribution < 1.29 is 9.53 Å². The van der Waals surface area contributed by atoms with Crippen molar-refractivity contribution in [3.05, 3.63) is 71.1 Å². The molecule has 0 saturated heterocycles. The second-order valence-corrected chi connectivity index (χ2v) is 6.95. The van der Waals surface area contributed by atoms with Gasteiger partial charge in [-0.2, -0.15) is 0 Å². The number of aromatic nitrogens is 3. The van der Waals surface area contributed by atoms with Crippen LogP contribution in [0.1, 0.15) is 15.9 Å². The van der Waals surface area contributed by atoms with Crippen LogP contribution >= 0.6 is 11.6 Å². The number of carbonyl (C=O) groups excluding carboxylic acids is 1. The second kappa shape index (κ2) is 6.72. The van der Waals surface area contributed by atoms with Gasteiger partial charge in [-0.25, -0.2) is 15.0 Å². The van der Waals surface area contributed by atoms with E-state index in [1.165, 1.54) is 12.5 Å². The number of hydrogen-bond acceptors (Lipinski definition) is 5. The minimum absolute atomic E-state index is 0.319. The SMILES string of the molecule is Cn1ccc2ncnc(Nc3ccc(Oc4cccc5c4C(=O)N=C5)c(Cl)c3)c21. The van der Waals surface area contributed by atoms with Crippen LogP contribution in [-0.4, -0.2) is 26.7 Å². The third kappa shape index (κ3) is 3.01. The highest BCUT2D eigenvalue weighted by atomic mass is 35.5. The summed E-state index contributed by atoms with van der Waals surface area (Å²) in [6.45, 7) is 0. The van der Waals surface area contributed by atoms with E-state index < -0.39 is 0 Å². The molecule has 1 aliphatic rings. The average Bonchev–Trinajstić information content (AvgIpc) is 3.28. The van der Waals surface area contributed by atoms with Crippen LogP contribution in [0.5, 0.6) is 11.5 Å². The molecule has 4 aromatic rings. The molecule has 7 nitrogen and oxygen atoms in total. The zero-order valence-electron chi connectivity index (χ0n) is 15.3. The fourth-order valence-corrected chi connectivity index (χ4v) is 3.51. The first kappa shape index (κ1) is 17.4. The second-order valence-electron chi connectivity index (χ2n) is 6.54. The molecule has 8 heteroatoms. The summed E-state index contributed by atoms with van der Waals surface area (Å²) in [7, 11) is 1.93. The Balaban J connectivity index is 1.44. The molecule has 142 valence electrons. The minimum atomic E-state index is -0.319. The van der Waals surface area contributed by atoms with Crippen LogP contribution in [0.2, 0.25) is 5.02 Å². The maximum absolute atomic E-state index is 12.0. The van der Waals surface area contributed by atoms with Gasteiger partial charge in [-0.05, 0) is 30.3 Å². The number of aliphatic imine (C=N–C) groups is 1. The molecule has 3 heterocycles. The standard InChI is InChI=1S/C21H14ClN5O2/c1-27-8-7-15-19(27)20(25-11-24-15)26-13-5-6-16(14(22)9-13)29-17-4-2-3-12-10-23-21(28)18(12)17/h2-11H,1H3,(H,24,25,26). The normalized spacial score (nSPS) is 12.4. The highest BCUT2D eigenvalue weighted by Gasteiger charge is 2.21. The molecule has 0 spiro atoms. The lowest BCUT2D eigenvalue weighted by atomic mass is 10.1. The van der Waals surface area contributed by atoms with Gasteiger partial charge in [0.15, 0.2) is 5.82 Å². The number of ether oxygens (including phenoxy) is 1. The smallest absolute Gasteiger partial charge is 0.281 e. The lowest BCUT2D eigenvalue weighted by Gasteiger charge is -2.13. The number of amides is 1. The molecule has 5 rings (SSSR count). The van der Waals surface area contributed by atoms with Crippen molar-refractivity contribution in [2.75, 3.05) is 5.32 Å². The molecule has 0 saturated carbocycles. The van der Waals surface area contributed by atoms with Crippen LogP contribution in [0, 0.1) is 0 Å². The van der Waals surface area contributed by atoms with E-state index in [1.807, 2.05) is 42.1 Å². The summed E-state index contributed by atoms with van der Waals surface area (Å²) >= 11 is 6.44. The molecular weight excluding hydrogens is 390 g/mol. The Kier molecular flexibility index (Phi) is 4.03. The van der Waals surface area contributed by atoms with Gasteiger partial charge in [0.05, 0.1) is 16.1 Å². The van der Waals surface area contributed by atoms with E-state index in [0.717, 1.165) is 22.3 Å². The summed E-state index contributed by atoms with van der Waals surface area (Å²) in [5, 5.41) is 3.67. The zero-order valence-corrected chi connectivity index (χ0v) is 16.0. The van der Waals surface area contributed by atoms with Gasteiger partial charge in [-0.3, -0.25) is 4.79 Å². The molecule has 0 atom stereocenters. The number of benzene rings is 2. The molecule has 2 aromatic carbocycles. The minimum Gasteiger partial charge on any atom is -0.455 e. The molecule has 0 bridgehead atoms. The quantitative estimate of drug-likeness (QED) is 0.532. The average molecular weight is 404 g/mol. The van der Waals surface area contributed by atoms with Crippen LogP contribution in [0.3, 0.4) is 0 Å². The predicted molar refractivity (Wildman–Crippen MR) is 112 cm³/mol. The number of carbonyl (C=O) groups is 1. The summed E-state index contributed by atoms with van der Waals surface area (Å²) in [5.41, 5.74) is 3.67. The molecule has 1 aliphatic heterocycles. The fraction of sp³-hybridized carbons (Fsp3) is 0.0476. The van der Waals surface area contributed by atoms with Gasteiger partial charge >= 0.3 is 0 Å². The van der Waals surface area contributed by atoms with Crippen molar-refractivity contribution in [2.45, 2.75) is 0 Å². The first-order chi connectivity index (χ1) is 14.1. The topological polar surface area (TPSA) is 81.4 Å². The van der Waals surface area contributed by atoms with Gasteiger partial charge < -0.3 is 14.6 Å². The van der Waals surface area contributed by atoms with Crippen molar-refractivity contribution >= 4 is 46.3 Å². The monoisotopic (exact) mass is 403 g/mol. The van der Waals surface area contributed by atoms with E-state index in [1.54, 1.807) is 18.2 Å². The zero-order chi connectivity index (χ0) is 20.0. The molecule has 1 N–H and O–H groups in total. The summed E-state index contributed by atoms with van der Waals surface area (Å²) in [6.07, 6.45) is 4.97. The van der Waals surface area contributed by atoms with Crippen molar-refractivity contribution in [1.29, 1.82) is 0 Å². The van der Waals surface area contributed by atoms with E-state index in [9.17, 15) is 4.79 Å². The summed E-state index contributed by atoms with van der Waals surface area (Å²) in [6, 6.07) is 12.6. The van der Waals surface area contributed by atoms with Gasteiger partial charge in [0.1, 0.15) is 23.3 Å². The molecule has 0 aliphatic carbocycles. The molecular formula is C21H14ClN5O2. The van der Waals surface area contributed by atoms with E-state index in [-0.39, 0.29) is 5.91 Å². The Bertz CT molecular complexity index is 1310. The Hall–Kier alpha value is -3.71. The third-order valence-electron chi connectivity index (χ3n) is 4.67. The van der Waals surface area contributed by atoms with E-state index in [4.69, 9.17) is 16.3 Å². The summed E-state index contributed by atoms with van der Waals surface area (Å²) in [4.78, 5) is 24.4. The Morgan fingerprint density at radius 1 is 1.10 bits per heavy atom. The number of anilines is 2. The summed E-state index contributed by atoms with van der Waals surface area (Å²) in [5.74, 6) is 1.22. The van der Waals surface area contributed by atoms with Crippen molar-refractivity contribution in [2.24, 2.45) is 12.0 Å². The maximum atomic E-state index is 12.0. The molecule has 2 aromatic heterocycles. The largest absolute Gasteiger partial charge is 0.455 e. The first-order valence-corrected chi connectivity index (χ1v) is 9.20. The first-order valence-electron chi connectivity index (χ1n) is 8.82. The lowest BCUT2D eigenvalue weighted by Crippen LogP contribution is -1.99.